The van der Waals surface area contributed by atoms with Crippen molar-refractivity contribution in [2.24, 2.45) is 0 Å². The van der Waals surface area contributed by atoms with E-state index in [0.717, 1.165) is 16.8 Å². The molecule has 174 valence electrons. The molecule has 1 heterocycles. The molecule has 0 saturated carbocycles. The highest BCUT2D eigenvalue weighted by molar-refractivity contribution is 8.00. The van der Waals surface area contributed by atoms with Crippen LogP contribution in [0.4, 0.5) is 0 Å². The van der Waals surface area contributed by atoms with Gasteiger partial charge in [-0.25, -0.2) is 0 Å². The molecular weight excluding hydrogens is 446 g/mol. The van der Waals surface area contributed by atoms with Crippen LogP contribution in [0, 0.1) is 0 Å². The second kappa shape index (κ2) is 11.5. The zero-order chi connectivity index (χ0) is 23.8. The molecule has 0 aliphatic heterocycles. The van der Waals surface area contributed by atoms with E-state index in [2.05, 4.69) is 15.5 Å². The number of nitrogens with zero attached hydrogens (tertiary/aromatic N) is 5. The Labute approximate surface area is 203 Å². The van der Waals surface area contributed by atoms with E-state index in [-0.39, 0.29) is 5.91 Å². The molecule has 0 aliphatic rings. The summed E-state index contributed by atoms with van der Waals surface area (Å²) in [4.78, 5) is 15.5. The van der Waals surface area contributed by atoms with Gasteiger partial charge in [0.05, 0.1) is 11.9 Å². The highest BCUT2D eigenvalue weighted by Crippen LogP contribution is 2.29. The van der Waals surface area contributed by atoms with Crippen LogP contribution in [0.2, 0.25) is 0 Å². The maximum Gasteiger partial charge on any atom is 0.236 e. The van der Waals surface area contributed by atoms with E-state index in [0.29, 0.717) is 30.6 Å². The lowest BCUT2D eigenvalue weighted by Crippen LogP contribution is -2.35. The Morgan fingerprint density at radius 2 is 1.53 bits per heavy atom. The summed E-state index contributed by atoms with van der Waals surface area (Å²) in [6.45, 7) is 5.41. The number of para-hydroxylation sites is 2. The summed E-state index contributed by atoms with van der Waals surface area (Å²) in [6.07, 6.45) is 0. The highest BCUT2D eigenvalue weighted by atomic mass is 32.2. The SMILES string of the molecule is CCOc1ccccc1-n1nnnc1S[C@H](C)C(=O)N(Cc1ccccc1)Cc1ccccc1. The number of hydrogen-bond acceptors (Lipinski definition) is 6. The number of aromatic nitrogens is 4. The van der Waals surface area contributed by atoms with Crippen molar-refractivity contribution in [1.82, 2.24) is 25.1 Å². The third kappa shape index (κ3) is 5.82. The molecule has 3 aromatic carbocycles. The van der Waals surface area contributed by atoms with Crippen molar-refractivity contribution in [3.8, 4) is 11.4 Å². The molecule has 1 amide bonds. The Morgan fingerprint density at radius 3 is 2.15 bits per heavy atom. The zero-order valence-corrected chi connectivity index (χ0v) is 20.1. The molecule has 1 aromatic heterocycles. The average Bonchev–Trinajstić information content (AvgIpc) is 3.33. The molecule has 0 N–H and O–H groups in total. The van der Waals surface area contributed by atoms with Gasteiger partial charge in [0, 0.05) is 13.1 Å². The van der Waals surface area contributed by atoms with Gasteiger partial charge in [0.25, 0.3) is 0 Å². The Kier molecular flexibility index (Phi) is 7.93. The van der Waals surface area contributed by atoms with Gasteiger partial charge in [-0.15, -0.1) is 5.10 Å². The number of hydrogen-bond donors (Lipinski definition) is 0. The summed E-state index contributed by atoms with van der Waals surface area (Å²) >= 11 is 1.34. The molecule has 0 spiro atoms. The predicted octanol–water partition coefficient (Wildman–Crippen LogP) is 4.77. The summed E-state index contributed by atoms with van der Waals surface area (Å²) in [5.41, 5.74) is 2.90. The summed E-state index contributed by atoms with van der Waals surface area (Å²) in [5.74, 6) is 0.707. The van der Waals surface area contributed by atoms with E-state index < -0.39 is 5.25 Å². The third-order valence-corrected chi connectivity index (χ3v) is 6.23. The van der Waals surface area contributed by atoms with E-state index in [1.165, 1.54) is 11.8 Å². The number of carbonyl (C=O) groups is 1. The van der Waals surface area contributed by atoms with Gasteiger partial charge in [0.1, 0.15) is 11.4 Å². The minimum Gasteiger partial charge on any atom is -0.492 e. The van der Waals surface area contributed by atoms with Crippen molar-refractivity contribution in [1.29, 1.82) is 0 Å². The smallest absolute Gasteiger partial charge is 0.236 e. The third-order valence-electron chi connectivity index (χ3n) is 5.21. The van der Waals surface area contributed by atoms with E-state index >= 15 is 0 Å². The number of benzene rings is 3. The summed E-state index contributed by atoms with van der Waals surface area (Å²) in [5, 5.41) is 12.3. The molecule has 0 bridgehead atoms. The second-order valence-corrected chi connectivity index (χ2v) is 9.01. The summed E-state index contributed by atoms with van der Waals surface area (Å²) in [6, 6.07) is 27.6. The van der Waals surface area contributed by atoms with Crippen LogP contribution in [0.3, 0.4) is 0 Å². The monoisotopic (exact) mass is 473 g/mol. The molecule has 0 radical (unpaired) electrons. The predicted molar refractivity (Wildman–Crippen MR) is 133 cm³/mol. The van der Waals surface area contributed by atoms with Crippen LogP contribution in [-0.4, -0.2) is 42.9 Å². The van der Waals surface area contributed by atoms with Crippen LogP contribution in [0.5, 0.6) is 5.75 Å². The normalized spacial score (nSPS) is 11.7. The first-order chi connectivity index (χ1) is 16.7. The fourth-order valence-corrected chi connectivity index (χ4v) is 4.48. The first kappa shape index (κ1) is 23.5. The molecule has 4 rings (SSSR count). The molecule has 0 saturated heterocycles. The highest BCUT2D eigenvalue weighted by Gasteiger charge is 2.25. The molecule has 34 heavy (non-hydrogen) atoms. The van der Waals surface area contributed by atoms with Gasteiger partial charge in [0.2, 0.25) is 11.1 Å². The first-order valence-corrected chi connectivity index (χ1v) is 12.1. The molecule has 0 unspecified atom stereocenters. The van der Waals surface area contributed by atoms with Crippen molar-refractivity contribution in [2.45, 2.75) is 37.3 Å². The number of amides is 1. The zero-order valence-electron chi connectivity index (χ0n) is 19.2. The minimum absolute atomic E-state index is 0.0188. The molecule has 0 fully saturated rings. The lowest BCUT2D eigenvalue weighted by molar-refractivity contribution is -0.131. The van der Waals surface area contributed by atoms with Crippen LogP contribution < -0.4 is 4.74 Å². The molecule has 0 aliphatic carbocycles. The number of ether oxygens (including phenoxy) is 1. The van der Waals surface area contributed by atoms with E-state index in [4.69, 9.17) is 4.74 Å². The Hall–Kier alpha value is -3.65. The quantitative estimate of drug-likeness (QED) is 0.309. The molecule has 7 nitrogen and oxygen atoms in total. The van der Waals surface area contributed by atoms with Gasteiger partial charge in [-0.3, -0.25) is 4.79 Å². The second-order valence-electron chi connectivity index (χ2n) is 7.70. The fraction of sp³-hybridized carbons (Fsp3) is 0.231. The summed E-state index contributed by atoms with van der Waals surface area (Å²) in [7, 11) is 0. The molecular formula is C26H27N5O2S. The lowest BCUT2D eigenvalue weighted by atomic mass is 10.1. The maximum atomic E-state index is 13.6. The topological polar surface area (TPSA) is 73.1 Å². The van der Waals surface area contributed by atoms with Crippen LogP contribution in [0.25, 0.3) is 5.69 Å². The van der Waals surface area contributed by atoms with Gasteiger partial charge in [-0.1, -0.05) is 84.6 Å². The number of thioether (sulfide) groups is 1. The standard InChI is InChI=1S/C26H27N5O2S/c1-3-33-24-17-11-10-16-23(24)31-26(27-28-29-31)34-20(2)25(32)30(18-21-12-6-4-7-13-21)19-22-14-8-5-9-15-22/h4-17,20H,3,18-19H2,1-2H3/t20-/m1/s1. The Balaban J connectivity index is 1.55. The van der Waals surface area contributed by atoms with Crippen LogP contribution in [0.1, 0.15) is 25.0 Å². The molecule has 8 heteroatoms. The van der Waals surface area contributed by atoms with Gasteiger partial charge < -0.3 is 9.64 Å². The fourth-order valence-electron chi connectivity index (χ4n) is 3.60. The molecule has 4 aromatic rings. The van der Waals surface area contributed by atoms with Crippen molar-refractivity contribution in [3.63, 3.8) is 0 Å². The minimum atomic E-state index is -0.392. The maximum absolute atomic E-state index is 13.6. The van der Waals surface area contributed by atoms with Crippen molar-refractivity contribution in [2.75, 3.05) is 6.61 Å². The average molecular weight is 474 g/mol. The van der Waals surface area contributed by atoms with Crippen molar-refractivity contribution < 1.29 is 9.53 Å². The molecule has 1 atom stereocenters. The van der Waals surface area contributed by atoms with Crippen molar-refractivity contribution >= 4 is 17.7 Å². The van der Waals surface area contributed by atoms with Crippen LogP contribution in [0.15, 0.2) is 90.1 Å². The van der Waals surface area contributed by atoms with Gasteiger partial charge >= 0.3 is 0 Å². The van der Waals surface area contributed by atoms with Gasteiger partial charge in [-0.2, -0.15) is 4.68 Å². The number of carbonyl (C=O) groups excluding carboxylic acids is 1. The lowest BCUT2D eigenvalue weighted by Gasteiger charge is -2.26. The van der Waals surface area contributed by atoms with Crippen LogP contribution in [-0.2, 0) is 17.9 Å². The van der Waals surface area contributed by atoms with E-state index in [1.807, 2.05) is 104 Å². The number of rotatable bonds is 10. The van der Waals surface area contributed by atoms with Crippen molar-refractivity contribution in [3.05, 3.63) is 96.1 Å². The van der Waals surface area contributed by atoms with E-state index in [1.54, 1.807) is 4.68 Å². The first-order valence-electron chi connectivity index (χ1n) is 11.2. The Bertz CT molecular complexity index is 1160. The largest absolute Gasteiger partial charge is 0.492 e. The van der Waals surface area contributed by atoms with Gasteiger partial charge in [0.15, 0.2) is 0 Å². The number of tetrazole rings is 1. The van der Waals surface area contributed by atoms with E-state index in [9.17, 15) is 4.79 Å². The van der Waals surface area contributed by atoms with Gasteiger partial charge in [-0.05, 0) is 47.5 Å². The van der Waals surface area contributed by atoms with Crippen LogP contribution >= 0.6 is 11.8 Å². The Morgan fingerprint density at radius 1 is 0.941 bits per heavy atom. The summed E-state index contributed by atoms with van der Waals surface area (Å²) < 4.78 is 7.36.